The summed E-state index contributed by atoms with van der Waals surface area (Å²) in [5, 5.41) is 2.86. The average molecular weight is 359 g/mol. The van der Waals surface area contributed by atoms with Crippen LogP contribution in [0.3, 0.4) is 0 Å². The second-order valence-electron chi connectivity index (χ2n) is 6.83. The van der Waals surface area contributed by atoms with Gasteiger partial charge in [-0.15, -0.1) is 0 Å². The molecule has 1 aromatic heterocycles. The topological polar surface area (TPSA) is 76.2 Å². The summed E-state index contributed by atoms with van der Waals surface area (Å²) >= 11 is 0. The Kier molecular flexibility index (Phi) is 5.18. The van der Waals surface area contributed by atoms with Crippen molar-refractivity contribution >= 4 is 13.2 Å². The van der Waals surface area contributed by atoms with E-state index in [9.17, 15) is 18.0 Å². The van der Waals surface area contributed by atoms with Gasteiger partial charge in [0.15, 0.2) is 5.69 Å². The SMILES string of the molecule is CNCC(=Cc1c(C(F)(F)F)nc[nH]c1=O)B1OC(C)(C)C(C)(C)O1. The lowest BCUT2D eigenvalue weighted by molar-refractivity contribution is -0.141. The summed E-state index contributed by atoms with van der Waals surface area (Å²) in [5.74, 6) is 0. The molecule has 2 N–H and O–H groups in total. The number of rotatable bonds is 4. The van der Waals surface area contributed by atoms with Crippen molar-refractivity contribution in [3.05, 3.63) is 33.4 Å². The van der Waals surface area contributed by atoms with E-state index in [-0.39, 0.29) is 6.54 Å². The normalized spacial score (nSPS) is 20.2. The van der Waals surface area contributed by atoms with Crippen molar-refractivity contribution in [2.24, 2.45) is 0 Å². The summed E-state index contributed by atoms with van der Waals surface area (Å²) in [4.78, 5) is 17.4. The van der Waals surface area contributed by atoms with Crippen molar-refractivity contribution in [3.63, 3.8) is 0 Å². The molecule has 1 saturated heterocycles. The van der Waals surface area contributed by atoms with E-state index in [0.717, 1.165) is 12.4 Å². The maximum Gasteiger partial charge on any atom is 0.491 e. The van der Waals surface area contributed by atoms with Crippen LogP contribution in [0.2, 0.25) is 0 Å². The van der Waals surface area contributed by atoms with Crippen LogP contribution < -0.4 is 10.9 Å². The van der Waals surface area contributed by atoms with Crippen LogP contribution >= 0.6 is 0 Å². The molecule has 2 rings (SSSR count). The van der Waals surface area contributed by atoms with Gasteiger partial charge in [-0.3, -0.25) is 4.79 Å². The van der Waals surface area contributed by atoms with E-state index in [1.165, 1.54) is 0 Å². The number of alkyl halides is 3. The fourth-order valence-electron chi connectivity index (χ4n) is 2.36. The highest BCUT2D eigenvalue weighted by molar-refractivity contribution is 6.55. The third-order valence-electron chi connectivity index (χ3n) is 4.42. The van der Waals surface area contributed by atoms with Gasteiger partial charge in [0.1, 0.15) is 0 Å². The molecule has 138 valence electrons. The molecule has 2 heterocycles. The summed E-state index contributed by atoms with van der Waals surface area (Å²) in [6.45, 7) is 7.52. The Bertz CT molecular complexity index is 713. The molecule has 0 amide bonds. The molecule has 6 nitrogen and oxygen atoms in total. The lowest BCUT2D eigenvalue weighted by atomic mass is 9.77. The van der Waals surface area contributed by atoms with Gasteiger partial charge in [-0.25, -0.2) is 4.98 Å². The molecule has 1 aliphatic heterocycles. The molecule has 10 heteroatoms. The summed E-state index contributed by atoms with van der Waals surface area (Å²) in [5.41, 5.74) is -3.65. The van der Waals surface area contributed by atoms with Gasteiger partial charge in [0.05, 0.1) is 23.1 Å². The van der Waals surface area contributed by atoms with Gasteiger partial charge in [0.25, 0.3) is 5.56 Å². The fourth-order valence-corrected chi connectivity index (χ4v) is 2.36. The highest BCUT2D eigenvalue weighted by Crippen LogP contribution is 2.39. The van der Waals surface area contributed by atoms with Gasteiger partial charge in [0, 0.05) is 6.54 Å². The lowest BCUT2D eigenvalue weighted by Gasteiger charge is -2.32. The Morgan fingerprint density at radius 3 is 2.36 bits per heavy atom. The molecule has 0 aromatic carbocycles. The molecule has 0 unspecified atom stereocenters. The number of H-pyrrole nitrogens is 1. The van der Waals surface area contributed by atoms with Crippen molar-refractivity contribution in [2.45, 2.75) is 45.1 Å². The van der Waals surface area contributed by atoms with Gasteiger partial charge in [-0.05, 0) is 40.2 Å². The van der Waals surface area contributed by atoms with E-state index in [4.69, 9.17) is 9.31 Å². The van der Waals surface area contributed by atoms with E-state index in [2.05, 4.69) is 15.3 Å². The molecule has 0 aliphatic carbocycles. The van der Waals surface area contributed by atoms with Crippen molar-refractivity contribution in [1.29, 1.82) is 0 Å². The van der Waals surface area contributed by atoms with Crippen LogP contribution in [0.15, 0.2) is 16.6 Å². The number of hydrogen-bond acceptors (Lipinski definition) is 5. The number of hydrogen-bond donors (Lipinski definition) is 2. The third-order valence-corrected chi connectivity index (χ3v) is 4.42. The van der Waals surface area contributed by atoms with Gasteiger partial charge >= 0.3 is 13.3 Å². The molecule has 0 spiro atoms. The average Bonchev–Trinajstić information content (AvgIpc) is 2.67. The fraction of sp³-hybridized carbons (Fsp3) is 0.600. The number of nitrogens with zero attached hydrogens (tertiary/aromatic N) is 1. The first-order valence-corrected chi connectivity index (χ1v) is 7.74. The van der Waals surface area contributed by atoms with Gasteiger partial charge in [0.2, 0.25) is 0 Å². The van der Waals surface area contributed by atoms with Gasteiger partial charge < -0.3 is 19.6 Å². The Morgan fingerprint density at radius 2 is 1.88 bits per heavy atom. The monoisotopic (exact) mass is 359 g/mol. The van der Waals surface area contributed by atoms with Crippen LogP contribution in [-0.4, -0.2) is 41.9 Å². The minimum atomic E-state index is -4.75. The number of halogens is 3. The van der Waals surface area contributed by atoms with Crippen molar-refractivity contribution in [2.75, 3.05) is 13.6 Å². The second kappa shape index (κ2) is 6.58. The zero-order valence-electron chi connectivity index (χ0n) is 14.7. The molecule has 25 heavy (non-hydrogen) atoms. The van der Waals surface area contributed by atoms with E-state index in [1.54, 1.807) is 7.05 Å². The molecular formula is C15H21BF3N3O3. The molecule has 0 radical (unpaired) electrons. The van der Waals surface area contributed by atoms with Crippen LogP contribution in [-0.2, 0) is 15.5 Å². The van der Waals surface area contributed by atoms with Crippen molar-refractivity contribution in [3.8, 4) is 0 Å². The number of nitrogens with one attached hydrogen (secondary N) is 2. The van der Waals surface area contributed by atoms with Crippen LogP contribution in [0.25, 0.3) is 6.08 Å². The smallest absolute Gasteiger partial charge is 0.400 e. The van der Waals surface area contributed by atoms with Crippen LogP contribution in [0.4, 0.5) is 13.2 Å². The Hall–Kier alpha value is -1.65. The molecule has 0 atom stereocenters. The predicted octanol–water partition coefficient (Wildman–Crippen LogP) is 2.02. The van der Waals surface area contributed by atoms with E-state index < -0.39 is 41.3 Å². The van der Waals surface area contributed by atoms with E-state index in [1.807, 2.05) is 27.7 Å². The molecule has 1 aromatic rings. The molecule has 1 fully saturated rings. The van der Waals surface area contributed by atoms with E-state index in [0.29, 0.717) is 5.47 Å². The van der Waals surface area contributed by atoms with Gasteiger partial charge in [-0.1, -0.05) is 6.08 Å². The summed E-state index contributed by atoms with van der Waals surface area (Å²) in [7, 11) is 0.759. The first-order chi connectivity index (χ1) is 11.4. The minimum Gasteiger partial charge on any atom is -0.400 e. The van der Waals surface area contributed by atoms with E-state index >= 15 is 0 Å². The van der Waals surface area contributed by atoms with Crippen LogP contribution in [0.1, 0.15) is 39.0 Å². The summed E-state index contributed by atoms with van der Waals surface area (Å²) < 4.78 is 51.2. The lowest BCUT2D eigenvalue weighted by Crippen LogP contribution is -2.41. The third kappa shape index (κ3) is 3.96. The molecular weight excluding hydrogens is 338 g/mol. The Morgan fingerprint density at radius 1 is 1.32 bits per heavy atom. The summed E-state index contributed by atoms with van der Waals surface area (Å²) in [6.07, 6.45) is -2.89. The highest BCUT2D eigenvalue weighted by Gasteiger charge is 2.52. The standard InChI is InChI=1S/C15H21BF3N3O3/c1-13(2)14(3,4)25-16(24-13)9(7-20-5)6-10-11(15(17,18)19)21-8-22-12(10)23/h6,8,20H,7H2,1-5H3,(H,21,22,23). The highest BCUT2D eigenvalue weighted by atomic mass is 19.4. The molecule has 0 bridgehead atoms. The Labute approximate surface area is 144 Å². The predicted molar refractivity (Wildman–Crippen MR) is 87.8 cm³/mol. The van der Waals surface area contributed by atoms with Crippen molar-refractivity contribution < 1.29 is 22.5 Å². The number of aromatic nitrogens is 2. The van der Waals surface area contributed by atoms with Crippen LogP contribution in [0.5, 0.6) is 0 Å². The zero-order valence-corrected chi connectivity index (χ0v) is 14.7. The molecule has 1 aliphatic rings. The van der Waals surface area contributed by atoms with Crippen LogP contribution in [0, 0.1) is 0 Å². The maximum atomic E-state index is 13.2. The quantitative estimate of drug-likeness (QED) is 0.805. The first-order valence-electron chi connectivity index (χ1n) is 7.74. The minimum absolute atomic E-state index is 0.183. The largest absolute Gasteiger partial charge is 0.491 e. The van der Waals surface area contributed by atoms with Gasteiger partial charge in [-0.2, -0.15) is 13.2 Å². The number of likely N-dealkylation sites (N-methyl/N-ethyl adjacent to an activating group) is 1. The maximum absolute atomic E-state index is 13.2. The second-order valence-corrected chi connectivity index (χ2v) is 6.83. The molecule has 0 saturated carbocycles. The first kappa shape index (κ1) is 19.7. The summed E-state index contributed by atoms with van der Waals surface area (Å²) in [6, 6.07) is 0. The Balaban J connectivity index is 2.52. The zero-order chi connectivity index (χ0) is 19.0. The van der Waals surface area contributed by atoms with Crippen molar-refractivity contribution in [1.82, 2.24) is 15.3 Å². The number of aromatic amines is 1.